The zero-order valence-corrected chi connectivity index (χ0v) is 11.2. The minimum atomic E-state index is 0. The van der Waals surface area contributed by atoms with Crippen LogP contribution in [0.25, 0.3) is 0 Å². The van der Waals surface area contributed by atoms with Gasteiger partial charge in [0, 0.05) is 0 Å². The van der Waals surface area contributed by atoms with Crippen LogP contribution in [-0.4, -0.2) is 25.0 Å². The maximum atomic E-state index is 4.61. The van der Waals surface area contributed by atoms with E-state index < -0.39 is 0 Å². The van der Waals surface area contributed by atoms with Gasteiger partial charge < -0.3 is 7.43 Å². The summed E-state index contributed by atoms with van der Waals surface area (Å²) in [6.45, 7) is 0. The molecule has 0 saturated carbocycles. The van der Waals surface area contributed by atoms with Gasteiger partial charge in [0.1, 0.15) is 0 Å². The molecular weight excluding hydrogens is 355 g/mol. The van der Waals surface area contributed by atoms with Crippen molar-refractivity contribution in [3.63, 3.8) is 0 Å². The molecule has 0 aromatic heterocycles. The van der Waals surface area contributed by atoms with Gasteiger partial charge in [0.15, 0.2) is 0 Å². The second-order valence-electron chi connectivity index (χ2n) is 0.816. The van der Waals surface area contributed by atoms with Crippen LogP contribution in [0.5, 0.6) is 0 Å². The zero-order chi connectivity index (χ0) is 7.41. The van der Waals surface area contributed by atoms with Crippen LogP contribution in [-0.2, 0) is 18.8 Å². The Morgan fingerprint density at radius 1 is 0.889 bits per heavy atom. The van der Waals surface area contributed by atoms with Crippen LogP contribution in [0.1, 0.15) is 0 Å². The van der Waals surface area contributed by atoms with E-state index in [0.717, 1.165) is 0 Å². The van der Waals surface area contributed by atoms with Gasteiger partial charge in [-0.3, -0.25) is 0 Å². The fraction of sp³-hybridized carbons (Fsp3) is 0.800. The number of hydrogen-bond donors (Lipinski definition) is 0. The van der Waals surface area contributed by atoms with Gasteiger partial charge in [-0.15, -0.1) is 0 Å². The van der Waals surface area contributed by atoms with Gasteiger partial charge in [0.2, 0.25) is 0 Å². The molecule has 0 aromatic rings. The third-order valence-corrected chi connectivity index (χ3v) is 0. The molecule has 0 unspecified atom stereocenters. The van der Waals surface area contributed by atoms with Crippen LogP contribution in [0.3, 0.4) is 0 Å². The van der Waals surface area contributed by atoms with E-state index in [-0.39, 0.29) is 7.43 Å². The molecule has 0 radical (unpaired) electrons. The predicted octanol–water partition coefficient (Wildman–Crippen LogP) is 3.10. The third kappa shape index (κ3) is 203. The number of halogens is 1. The number of thioether (sulfide) groups is 2. The second kappa shape index (κ2) is 53.9. The summed E-state index contributed by atoms with van der Waals surface area (Å²) in [7, 11) is 4.61. The van der Waals surface area contributed by atoms with Gasteiger partial charge in [0.05, 0.1) is 0 Å². The summed E-state index contributed by atoms with van der Waals surface area (Å²) in [5.74, 6) is 0. The summed E-state index contributed by atoms with van der Waals surface area (Å²) in [5.41, 5.74) is 0. The van der Waals surface area contributed by atoms with E-state index in [1.807, 2.05) is 25.0 Å². The van der Waals surface area contributed by atoms with Crippen molar-refractivity contribution in [1.82, 2.24) is 0 Å². The molecule has 9 heavy (non-hydrogen) atoms. The Labute approximate surface area is 83.7 Å². The van der Waals surface area contributed by atoms with E-state index in [1.54, 1.807) is 42.3 Å². The Bertz CT molecular complexity index is 16.9. The Kier molecular flexibility index (Phi) is 134. The molecule has 64 valence electrons. The van der Waals surface area contributed by atoms with Crippen molar-refractivity contribution in [2.45, 2.75) is 0 Å². The van der Waals surface area contributed by atoms with Crippen LogP contribution in [0.4, 0.5) is 0 Å². The molecule has 0 amide bonds. The fourth-order valence-corrected chi connectivity index (χ4v) is 0. The average molecular weight is 370 g/mol. The molecule has 0 aliphatic carbocycles. The molecule has 0 saturated heterocycles. The van der Waals surface area contributed by atoms with Crippen molar-refractivity contribution in [2.75, 3.05) is 25.0 Å². The average Bonchev–Trinajstić information content (AvgIpc) is 1.75. The molecule has 0 N–H and O–H groups in total. The van der Waals surface area contributed by atoms with Crippen molar-refractivity contribution >= 4 is 32.9 Å². The van der Waals surface area contributed by atoms with Crippen molar-refractivity contribution in [3.05, 3.63) is 7.43 Å². The van der Waals surface area contributed by atoms with Crippen LogP contribution in [0.15, 0.2) is 0 Å². The van der Waals surface area contributed by atoms with Gasteiger partial charge in [-0.05, 0) is 25.0 Å². The first-order valence-corrected chi connectivity index (χ1v) is 7.83. The quantitative estimate of drug-likeness (QED) is 0.602. The molecule has 0 nitrogen and oxygen atoms in total. The summed E-state index contributed by atoms with van der Waals surface area (Å²) >= 11 is 5.11. The summed E-state index contributed by atoms with van der Waals surface area (Å²) in [6.07, 6.45) is 8.17. The summed E-state index contributed by atoms with van der Waals surface area (Å²) in [6, 6.07) is 0. The number of rotatable bonds is 0. The molecule has 4 heteroatoms. The standard InChI is InChI=1S/2C2H6S.CH3.ClH.Pt/c2*1-3-2;;;/h2*1-2H3;1H3;1H;/q;;-1;;+2/p-1. The first kappa shape index (κ1) is 22.4. The molecule has 0 spiro atoms. The summed E-state index contributed by atoms with van der Waals surface area (Å²) < 4.78 is 0. The molecule has 0 atom stereocenters. The molecule has 0 aromatic carbocycles. The van der Waals surface area contributed by atoms with Crippen LogP contribution in [0.2, 0.25) is 0 Å². The summed E-state index contributed by atoms with van der Waals surface area (Å²) in [5, 5.41) is 0. The first-order chi connectivity index (χ1) is 3.83. The Hall–Kier alpha value is 1.68. The van der Waals surface area contributed by atoms with Crippen LogP contribution in [0, 0.1) is 7.43 Å². The fourth-order valence-electron chi connectivity index (χ4n) is 0. The molecule has 0 fully saturated rings. The van der Waals surface area contributed by atoms with E-state index in [1.165, 1.54) is 0 Å². The second-order valence-corrected chi connectivity index (χ2v) is 2.45. The van der Waals surface area contributed by atoms with Gasteiger partial charge in [0.25, 0.3) is 0 Å². The molecule has 0 aliphatic heterocycles. The SMILES string of the molecule is CSC.CSC.[CH3-].[Cl][Pt+]. The van der Waals surface area contributed by atoms with Crippen molar-refractivity contribution in [3.8, 4) is 0 Å². The van der Waals surface area contributed by atoms with Crippen molar-refractivity contribution < 1.29 is 18.8 Å². The van der Waals surface area contributed by atoms with Crippen molar-refractivity contribution in [1.29, 1.82) is 0 Å². The Morgan fingerprint density at radius 2 is 0.889 bits per heavy atom. The van der Waals surface area contributed by atoms with Crippen molar-refractivity contribution in [2.24, 2.45) is 0 Å². The zero-order valence-electron chi connectivity index (χ0n) is 6.51. The van der Waals surface area contributed by atoms with E-state index in [2.05, 4.69) is 9.42 Å². The molecule has 0 bridgehead atoms. The van der Waals surface area contributed by atoms with E-state index in [9.17, 15) is 0 Å². The normalized spacial score (nSPS) is 4.78. The van der Waals surface area contributed by atoms with Gasteiger partial charge in [-0.1, -0.05) is 0 Å². The monoisotopic (exact) mass is 369 g/mol. The first-order valence-electron chi connectivity index (χ1n) is 1.75. The van der Waals surface area contributed by atoms with Gasteiger partial charge >= 0.3 is 28.2 Å². The minimum absolute atomic E-state index is 0. The van der Waals surface area contributed by atoms with E-state index >= 15 is 0 Å². The van der Waals surface area contributed by atoms with Crippen LogP contribution >= 0.6 is 32.9 Å². The molecule has 0 aliphatic rings. The summed E-state index contributed by atoms with van der Waals surface area (Å²) in [4.78, 5) is 0. The Morgan fingerprint density at radius 3 is 0.889 bits per heavy atom. The van der Waals surface area contributed by atoms with Gasteiger partial charge in [-0.2, -0.15) is 23.5 Å². The van der Waals surface area contributed by atoms with Crippen LogP contribution < -0.4 is 0 Å². The third-order valence-electron chi connectivity index (χ3n) is 0. The Balaban J connectivity index is -0.0000000202. The molecule has 0 rings (SSSR count). The van der Waals surface area contributed by atoms with E-state index in [0.29, 0.717) is 0 Å². The topological polar surface area (TPSA) is 0 Å². The predicted molar refractivity (Wildman–Crippen MR) is 51.1 cm³/mol. The van der Waals surface area contributed by atoms with E-state index in [4.69, 9.17) is 0 Å². The number of hydrogen-bond acceptors (Lipinski definition) is 2. The molecule has 0 heterocycles. The maximum absolute atomic E-state index is 4.61. The van der Waals surface area contributed by atoms with Gasteiger partial charge in [-0.25, -0.2) is 0 Å². The molecular formula is C5H15ClPtS2.